The molecule has 5 rings (SSSR count). The van der Waals surface area contributed by atoms with Crippen molar-refractivity contribution in [1.82, 2.24) is 20.1 Å². The van der Waals surface area contributed by atoms with Crippen molar-refractivity contribution in [1.29, 1.82) is 0 Å². The first-order chi connectivity index (χ1) is 18.4. The van der Waals surface area contributed by atoms with Crippen LogP contribution in [0.25, 0.3) is 22.5 Å². The number of rotatable bonds is 7. The van der Waals surface area contributed by atoms with Crippen molar-refractivity contribution >= 4 is 11.6 Å². The van der Waals surface area contributed by atoms with Crippen LogP contribution in [-0.4, -0.2) is 37.9 Å². The number of hydrogen-bond donors (Lipinski definition) is 2. The summed E-state index contributed by atoms with van der Waals surface area (Å²) in [6.07, 6.45) is -3.02. The van der Waals surface area contributed by atoms with Gasteiger partial charge in [-0.05, 0) is 60.4 Å². The zero-order chi connectivity index (χ0) is 27.9. The number of aliphatic hydroxyl groups is 1. The van der Waals surface area contributed by atoms with E-state index in [1.165, 1.54) is 11.0 Å². The number of aromatic nitrogens is 3. The average Bonchev–Trinajstić information content (AvgIpc) is 3.45. The molecule has 0 aliphatic carbocycles. The number of carbonyl (C=O) groups is 1. The van der Waals surface area contributed by atoms with E-state index in [-0.39, 0.29) is 30.8 Å². The molecule has 202 valence electrons. The van der Waals surface area contributed by atoms with Crippen molar-refractivity contribution in [3.05, 3.63) is 89.2 Å². The molecule has 0 radical (unpaired) electrons. The van der Waals surface area contributed by atoms with E-state index in [9.17, 15) is 23.1 Å². The Morgan fingerprint density at radius 3 is 2.41 bits per heavy atom. The molecule has 1 aliphatic rings. The van der Waals surface area contributed by atoms with Gasteiger partial charge in [0, 0.05) is 37.0 Å². The maximum atomic E-state index is 14.1. The molecule has 0 saturated carbocycles. The van der Waals surface area contributed by atoms with E-state index in [4.69, 9.17) is 0 Å². The Morgan fingerprint density at radius 1 is 1.00 bits per heavy atom. The minimum atomic E-state index is -4.62. The number of amides is 1. The van der Waals surface area contributed by atoms with Gasteiger partial charge in [-0.1, -0.05) is 36.4 Å². The van der Waals surface area contributed by atoms with E-state index in [1.54, 1.807) is 42.9 Å². The first-order valence-electron chi connectivity index (χ1n) is 12.4. The second-order valence-electron chi connectivity index (χ2n) is 10.3. The van der Waals surface area contributed by atoms with Crippen LogP contribution in [0.3, 0.4) is 0 Å². The summed E-state index contributed by atoms with van der Waals surface area (Å²) in [6.45, 7) is 3.29. The number of aryl methyl sites for hydroxylation is 1. The normalized spacial score (nSPS) is 13.7. The van der Waals surface area contributed by atoms with Crippen molar-refractivity contribution < 1.29 is 23.1 Å². The molecule has 1 amide bonds. The average molecular weight is 536 g/mol. The molecule has 7 nitrogen and oxygen atoms in total. The minimum Gasteiger partial charge on any atom is -0.389 e. The highest BCUT2D eigenvalue weighted by Gasteiger charge is 2.40. The van der Waals surface area contributed by atoms with E-state index in [1.807, 2.05) is 37.4 Å². The van der Waals surface area contributed by atoms with Gasteiger partial charge in [0.15, 0.2) is 5.82 Å². The van der Waals surface area contributed by atoms with Gasteiger partial charge >= 0.3 is 6.18 Å². The molecule has 0 bridgehead atoms. The van der Waals surface area contributed by atoms with Gasteiger partial charge in [0.25, 0.3) is 5.91 Å². The molecule has 0 atom stereocenters. The van der Waals surface area contributed by atoms with E-state index in [0.29, 0.717) is 17.1 Å². The van der Waals surface area contributed by atoms with Crippen molar-refractivity contribution in [2.45, 2.75) is 38.7 Å². The second kappa shape index (κ2) is 9.94. The predicted octanol–water partition coefficient (Wildman–Crippen LogP) is 5.19. The maximum Gasteiger partial charge on any atom is 0.416 e. The van der Waals surface area contributed by atoms with Gasteiger partial charge in [-0.3, -0.25) is 4.79 Å². The summed E-state index contributed by atoms with van der Waals surface area (Å²) in [5, 5.41) is 21.1. The van der Waals surface area contributed by atoms with Gasteiger partial charge < -0.3 is 19.9 Å². The number of halogens is 3. The van der Waals surface area contributed by atoms with Crippen LogP contribution >= 0.6 is 0 Å². The van der Waals surface area contributed by atoms with E-state index >= 15 is 0 Å². The highest BCUT2D eigenvalue weighted by atomic mass is 19.4. The lowest BCUT2D eigenvalue weighted by molar-refractivity contribution is -0.138. The summed E-state index contributed by atoms with van der Waals surface area (Å²) >= 11 is 0. The van der Waals surface area contributed by atoms with Gasteiger partial charge in [0.05, 0.1) is 17.7 Å². The van der Waals surface area contributed by atoms with Gasteiger partial charge in [-0.2, -0.15) is 13.2 Å². The molecule has 4 aromatic rings. The number of fused-ring (bicyclic) bond motifs is 1. The zero-order valence-corrected chi connectivity index (χ0v) is 21.8. The van der Waals surface area contributed by atoms with Crippen LogP contribution in [0.1, 0.15) is 40.9 Å². The van der Waals surface area contributed by atoms with Gasteiger partial charge in [-0.25, -0.2) is 0 Å². The lowest BCUT2D eigenvalue weighted by Gasteiger charge is -2.19. The summed E-state index contributed by atoms with van der Waals surface area (Å²) in [5.41, 5.74) is 1.47. The zero-order valence-electron chi connectivity index (χ0n) is 21.8. The molecule has 1 aromatic heterocycles. The predicted molar refractivity (Wildman–Crippen MR) is 142 cm³/mol. The first kappa shape index (κ1) is 26.6. The largest absolute Gasteiger partial charge is 0.416 e. The lowest BCUT2D eigenvalue weighted by Crippen LogP contribution is -2.34. The molecular formula is C29H28F3N5O2. The second-order valence-corrected chi connectivity index (χ2v) is 10.3. The molecule has 10 heteroatoms. The monoisotopic (exact) mass is 535 g/mol. The van der Waals surface area contributed by atoms with Crippen molar-refractivity contribution in [3.8, 4) is 22.5 Å². The molecule has 2 heterocycles. The lowest BCUT2D eigenvalue weighted by atomic mass is 9.98. The summed E-state index contributed by atoms with van der Waals surface area (Å²) in [6, 6.07) is 17.4. The van der Waals surface area contributed by atoms with E-state index in [2.05, 4.69) is 15.5 Å². The maximum absolute atomic E-state index is 14.1. The van der Waals surface area contributed by atoms with Crippen LogP contribution in [-0.2, 0) is 26.3 Å². The molecule has 3 aromatic carbocycles. The van der Waals surface area contributed by atoms with Crippen LogP contribution in [0.15, 0.2) is 67.0 Å². The smallest absolute Gasteiger partial charge is 0.389 e. The van der Waals surface area contributed by atoms with Gasteiger partial charge in [0.2, 0.25) is 0 Å². The molecule has 2 N–H and O–H groups in total. The quantitative estimate of drug-likeness (QED) is 0.341. The summed E-state index contributed by atoms with van der Waals surface area (Å²) in [5.74, 6) is 0.180. The Bertz CT molecular complexity index is 1540. The molecule has 0 fully saturated rings. The van der Waals surface area contributed by atoms with Crippen LogP contribution in [0, 0.1) is 0 Å². The number of anilines is 1. The van der Waals surface area contributed by atoms with Crippen molar-refractivity contribution in [3.63, 3.8) is 0 Å². The first-order valence-corrected chi connectivity index (χ1v) is 12.4. The Balaban J connectivity index is 1.50. The SMILES string of the molecule is Cn1cnnc1-c1ccccc1-c1cccc(N2Cc3c(cc(CNCC(C)(C)O)cc3C(F)(F)F)C2=O)c1. The topological polar surface area (TPSA) is 83.3 Å². The van der Waals surface area contributed by atoms with Crippen LogP contribution < -0.4 is 10.2 Å². The Labute approximate surface area is 223 Å². The van der Waals surface area contributed by atoms with E-state index < -0.39 is 23.2 Å². The third-order valence-corrected chi connectivity index (χ3v) is 6.64. The van der Waals surface area contributed by atoms with Crippen LogP contribution in [0.5, 0.6) is 0 Å². The highest BCUT2D eigenvalue weighted by molar-refractivity contribution is 6.10. The van der Waals surface area contributed by atoms with Crippen molar-refractivity contribution in [2.75, 3.05) is 11.4 Å². The number of hydrogen-bond acceptors (Lipinski definition) is 5. The van der Waals surface area contributed by atoms with Crippen LogP contribution in [0.2, 0.25) is 0 Å². The third-order valence-electron chi connectivity index (χ3n) is 6.64. The molecule has 0 saturated heterocycles. The fourth-order valence-electron chi connectivity index (χ4n) is 4.84. The number of nitrogens with zero attached hydrogens (tertiary/aromatic N) is 4. The highest BCUT2D eigenvalue weighted by Crippen LogP contribution is 2.40. The molecular weight excluding hydrogens is 507 g/mol. The summed E-state index contributed by atoms with van der Waals surface area (Å²) < 4.78 is 44.1. The number of alkyl halides is 3. The van der Waals surface area contributed by atoms with Gasteiger partial charge in [0.1, 0.15) is 6.33 Å². The number of nitrogens with one attached hydrogen (secondary N) is 1. The standard InChI is InChI=1S/C29H28F3N5O2/c1-28(2,39)16-33-14-18-11-23-24(25(12-18)29(30,31)32)15-37(27(23)38)20-8-6-7-19(13-20)21-9-4-5-10-22(21)26-35-34-17-36(26)3/h4-13,17,33,39H,14-16H2,1-3H3. The van der Waals surface area contributed by atoms with Crippen molar-refractivity contribution in [2.24, 2.45) is 7.05 Å². The fraction of sp³-hybridized carbons (Fsp3) is 0.276. The summed E-state index contributed by atoms with van der Waals surface area (Å²) in [7, 11) is 1.84. The number of carbonyl (C=O) groups excluding carboxylic acids is 1. The fourth-order valence-corrected chi connectivity index (χ4v) is 4.84. The van der Waals surface area contributed by atoms with Gasteiger partial charge in [-0.15, -0.1) is 10.2 Å². The molecule has 1 aliphatic heterocycles. The molecule has 0 unspecified atom stereocenters. The van der Waals surface area contributed by atoms with Crippen LogP contribution in [0.4, 0.5) is 18.9 Å². The Hall–Kier alpha value is -4.02. The Morgan fingerprint density at radius 2 is 1.74 bits per heavy atom. The van der Waals surface area contributed by atoms with E-state index in [0.717, 1.165) is 22.8 Å². The third kappa shape index (κ3) is 5.43. The summed E-state index contributed by atoms with van der Waals surface area (Å²) in [4.78, 5) is 14.9. The molecule has 39 heavy (non-hydrogen) atoms. The molecule has 0 spiro atoms. The number of benzene rings is 3. The Kier molecular flexibility index (Phi) is 6.77. The minimum absolute atomic E-state index is 0.0368.